The first kappa shape index (κ1) is 19.2. The fourth-order valence-corrected chi connectivity index (χ4v) is 2.61. The first-order valence-electron chi connectivity index (χ1n) is 8.73. The van der Waals surface area contributed by atoms with Gasteiger partial charge in [-0.3, -0.25) is 9.59 Å². The molecule has 0 aromatic heterocycles. The minimum atomic E-state index is -0.444. The van der Waals surface area contributed by atoms with E-state index >= 15 is 0 Å². The SMILES string of the molecule is COc1ccccc1C(=O)NCC(=O)N/N=C(\C)c1ccc2c(c1)OCCO2. The highest BCUT2D eigenvalue weighted by molar-refractivity contribution is 6.01. The summed E-state index contributed by atoms with van der Waals surface area (Å²) in [6.07, 6.45) is 0. The number of methoxy groups -OCH3 is 1. The minimum absolute atomic E-state index is 0.213. The van der Waals surface area contributed by atoms with Crippen molar-refractivity contribution in [2.75, 3.05) is 26.9 Å². The van der Waals surface area contributed by atoms with Crippen molar-refractivity contribution in [3.05, 3.63) is 53.6 Å². The molecule has 1 aliphatic heterocycles. The van der Waals surface area contributed by atoms with E-state index in [0.717, 1.165) is 5.56 Å². The van der Waals surface area contributed by atoms with E-state index in [1.54, 1.807) is 37.3 Å². The number of hydrazone groups is 1. The lowest BCUT2D eigenvalue weighted by molar-refractivity contribution is -0.120. The van der Waals surface area contributed by atoms with Crippen LogP contribution in [0.2, 0.25) is 0 Å². The van der Waals surface area contributed by atoms with E-state index in [1.807, 2.05) is 12.1 Å². The molecule has 2 N–H and O–H groups in total. The zero-order valence-electron chi connectivity index (χ0n) is 15.7. The molecule has 0 aliphatic carbocycles. The van der Waals surface area contributed by atoms with E-state index in [4.69, 9.17) is 14.2 Å². The van der Waals surface area contributed by atoms with Crippen molar-refractivity contribution >= 4 is 17.5 Å². The molecule has 1 aliphatic rings. The van der Waals surface area contributed by atoms with Gasteiger partial charge in [0.05, 0.1) is 24.9 Å². The minimum Gasteiger partial charge on any atom is -0.496 e. The second-order valence-electron chi connectivity index (χ2n) is 5.97. The fourth-order valence-electron chi connectivity index (χ4n) is 2.61. The smallest absolute Gasteiger partial charge is 0.259 e. The molecule has 0 spiro atoms. The maximum atomic E-state index is 12.2. The highest BCUT2D eigenvalue weighted by atomic mass is 16.6. The molecule has 0 saturated carbocycles. The summed E-state index contributed by atoms with van der Waals surface area (Å²) in [5.41, 5.74) is 4.18. The van der Waals surface area contributed by atoms with Gasteiger partial charge < -0.3 is 19.5 Å². The third-order valence-electron chi connectivity index (χ3n) is 4.07. The van der Waals surface area contributed by atoms with Crippen LogP contribution in [0.4, 0.5) is 0 Å². The fraction of sp³-hybridized carbons (Fsp3) is 0.250. The second-order valence-corrected chi connectivity index (χ2v) is 5.97. The normalized spacial score (nSPS) is 12.9. The number of fused-ring (bicyclic) bond motifs is 1. The molecule has 8 heteroatoms. The number of nitrogens with one attached hydrogen (secondary N) is 2. The Morgan fingerprint density at radius 3 is 2.64 bits per heavy atom. The highest BCUT2D eigenvalue weighted by Gasteiger charge is 2.14. The number of hydrogen-bond donors (Lipinski definition) is 2. The summed E-state index contributed by atoms with van der Waals surface area (Å²) in [6.45, 7) is 2.57. The number of rotatable bonds is 6. The van der Waals surface area contributed by atoms with Gasteiger partial charge in [-0.05, 0) is 37.3 Å². The number of ether oxygens (including phenoxy) is 3. The molecular formula is C20H21N3O5. The van der Waals surface area contributed by atoms with Crippen LogP contribution < -0.4 is 25.0 Å². The summed E-state index contributed by atoms with van der Waals surface area (Å²) in [6, 6.07) is 12.2. The lowest BCUT2D eigenvalue weighted by Crippen LogP contribution is -2.35. The molecule has 1 heterocycles. The van der Waals surface area contributed by atoms with Gasteiger partial charge in [-0.1, -0.05) is 12.1 Å². The van der Waals surface area contributed by atoms with Gasteiger partial charge in [-0.25, -0.2) is 5.43 Å². The summed E-state index contributed by atoms with van der Waals surface area (Å²) in [4.78, 5) is 24.2. The molecule has 0 radical (unpaired) electrons. The van der Waals surface area contributed by atoms with Gasteiger partial charge in [0.25, 0.3) is 11.8 Å². The zero-order chi connectivity index (χ0) is 19.9. The molecule has 0 saturated heterocycles. The van der Waals surface area contributed by atoms with Gasteiger partial charge in [-0.15, -0.1) is 0 Å². The molecule has 2 aromatic carbocycles. The molecular weight excluding hydrogens is 362 g/mol. The van der Waals surface area contributed by atoms with E-state index in [2.05, 4.69) is 15.8 Å². The lowest BCUT2D eigenvalue weighted by atomic mass is 10.1. The topological polar surface area (TPSA) is 98.2 Å². The van der Waals surface area contributed by atoms with E-state index < -0.39 is 11.8 Å². The Balaban J connectivity index is 1.55. The highest BCUT2D eigenvalue weighted by Crippen LogP contribution is 2.30. The van der Waals surface area contributed by atoms with Crippen LogP contribution in [-0.4, -0.2) is 44.4 Å². The Hall–Kier alpha value is -3.55. The Bertz CT molecular complexity index is 910. The Labute approximate surface area is 162 Å². The molecule has 2 aromatic rings. The molecule has 8 nitrogen and oxygen atoms in total. The Morgan fingerprint density at radius 2 is 1.86 bits per heavy atom. The maximum absolute atomic E-state index is 12.2. The van der Waals surface area contributed by atoms with Gasteiger partial charge in [0, 0.05) is 5.56 Å². The van der Waals surface area contributed by atoms with Crippen molar-refractivity contribution in [3.63, 3.8) is 0 Å². The lowest BCUT2D eigenvalue weighted by Gasteiger charge is -2.18. The Kier molecular flexibility index (Phi) is 6.11. The molecule has 2 amide bonds. The van der Waals surface area contributed by atoms with Gasteiger partial charge in [-0.2, -0.15) is 5.10 Å². The summed E-state index contributed by atoms with van der Waals surface area (Å²) in [7, 11) is 1.48. The second kappa shape index (κ2) is 8.90. The molecule has 0 fully saturated rings. The van der Waals surface area contributed by atoms with Crippen molar-refractivity contribution in [2.45, 2.75) is 6.92 Å². The maximum Gasteiger partial charge on any atom is 0.259 e. The largest absolute Gasteiger partial charge is 0.496 e. The number of hydrogen-bond acceptors (Lipinski definition) is 6. The monoisotopic (exact) mass is 383 g/mol. The third-order valence-corrected chi connectivity index (χ3v) is 4.07. The molecule has 28 heavy (non-hydrogen) atoms. The average molecular weight is 383 g/mol. The van der Waals surface area contributed by atoms with Gasteiger partial charge in [0.15, 0.2) is 11.5 Å². The predicted octanol–water partition coefficient (Wildman–Crippen LogP) is 1.74. The van der Waals surface area contributed by atoms with Crippen LogP contribution in [0.25, 0.3) is 0 Å². The summed E-state index contributed by atoms with van der Waals surface area (Å²) >= 11 is 0. The van der Waals surface area contributed by atoms with Crippen LogP contribution in [-0.2, 0) is 4.79 Å². The average Bonchev–Trinajstić information content (AvgIpc) is 2.75. The van der Waals surface area contributed by atoms with Crippen molar-refractivity contribution in [1.82, 2.24) is 10.7 Å². The van der Waals surface area contributed by atoms with Crippen LogP contribution in [0.5, 0.6) is 17.2 Å². The molecule has 0 unspecified atom stereocenters. The van der Waals surface area contributed by atoms with Crippen LogP contribution in [0.15, 0.2) is 47.6 Å². The molecule has 146 valence electrons. The van der Waals surface area contributed by atoms with Gasteiger partial charge in [0.2, 0.25) is 0 Å². The van der Waals surface area contributed by atoms with Crippen molar-refractivity contribution in [1.29, 1.82) is 0 Å². The molecule has 0 atom stereocenters. The number of nitrogens with zero attached hydrogens (tertiary/aromatic N) is 1. The number of para-hydroxylation sites is 1. The summed E-state index contributed by atoms with van der Waals surface area (Å²) in [5.74, 6) is 0.924. The first-order chi connectivity index (χ1) is 13.6. The summed E-state index contributed by atoms with van der Waals surface area (Å²) in [5, 5.41) is 6.61. The van der Waals surface area contributed by atoms with Crippen molar-refractivity contribution in [2.24, 2.45) is 5.10 Å². The molecule has 0 bridgehead atoms. The standard InChI is InChI=1S/C20H21N3O5/c1-13(14-7-8-17-18(11-14)28-10-9-27-17)22-23-19(24)12-21-20(25)15-5-3-4-6-16(15)26-2/h3-8,11H,9-10,12H2,1-2H3,(H,21,25)(H,23,24)/b22-13+. The number of benzene rings is 2. The number of carbonyl (C=O) groups excluding carboxylic acids is 2. The number of amides is 2. The van der Waals surface area contributed by atoms with Gasteiger partial charge in [0.1, 0.15) is 19.0 Å². The predicted molar refractivity (Wildman–Crippen MR) is 103 cm³/mol. The van der Waals surface area contributed by atoms with Crippen LogP contribution in [0, 0.1) is 0 Å². The third kappa shape index (κ3) is 4.59. The van der Waals surface area contributed by atoms with Crippen LogP contribution in [0.3, 0.4) is 0 Å². The van der Waals surface area contributed by atoms with Gasteiger partial charge >= 0.3 is 0 Å². The Morgan fingerprint density at radius 1 is 1.11 bits per heavy atom. The van der Waals surface area contributed by atoms with E-state index in [9.17, 15) is 9.59 Å². The van der Waals surface area contributed by atoms with Crippen LogP contribution >= 0.6 is 0 Å². The number of carbonyl (C=O) groups is 2. The van der Waals surface area contributed by atoms with Crippen molar-refractivity contribution in [3.8, 4) is 17.2 Å². The quantitative estimate of drug-likeness (QED) is 0.585. The van der Waals surface area contributed by atoms with E-state index in [1.165, 1.54) is 7.11 Å². The van der Waals surface area contributed by atoms with Crippen molar-refractivity contribution < 1.29 is 23.8 Å². The van der Waals surface area contributed by atoms with Crippen LogP contribution in [0.1, 0.15) is 22.8 Å². The first-order valence-corrected chi connectivity index (χ1v) is 8.73. The summed E-state index contributed by atoms with van der Waals surface area (Å²) < 4.78 is 16.2. The van der Waals surface area contributed by atoms with E-state index in [0.29, 0.717) is 41.7 Å². The van der Waals surface area contributed by atoms with E-state index in [-0.39, 0.29) is 6.54 Å². The zero-order valence-corrected chi connectivity index (χ0v) is 15.7. The molecule has 3 rings (SSSR count).